The lowest BCUT2D eigenvalue weighted by molar-refractivity contribution is 0.187. The van der Waals surface area contributed by atoms with Gasteiger partial charge in [0.05, 0.1) is 7.11 Å². The number of hydrogen-bond acceptors (Lipinski definition) is 4. The van der Waals surface area contributed by atoms with Crippen molar-refractivity contribution in [2.24, 2.45) is 14.1 Å². The zero-order valence-corrected chi connectivity index (χ0v) is 15.8. The van der Waals surface area contributed by atoms with Crippen molar-refractivity contribution in [3.8, 4) is 5.75 Å². The van der Waals surface area contributed by atoms with E-state index >= 15 is 0 Å². The maximum absolute atomic E-state index is 12.2. The monoisotopic (exact) mass is 357 g/mol. The van der Waals surface area contributed by atoms with Crippen LogP contribution in [0.4, 0.5) is 0 Å². The Balaban J connectivity index is 1.92. The third kappa shape index (κ3) is 3.75. The molecule has 0 N–H and O–H groups in total. The Hall–Kier alpha value is -2.34. The molecular weight excluding hydrogens is 330 g/mol. The Morgan fingerprint density at radius 1 is 1.04 bits per heavy atom. The highest BCUT2D eigenvalue weighted by Crippen LogP contribution is 2.32. The maximum atomic E-state index is 12.2. The van der Waals surface area contributed by atoms with Crippen molar-refractivity contribution in [2.75, 3.05) is 13.7 Å². The van der Waals surface area contributed by atoms with Crippen molar-refractivity contribution in [3.63, 3.8) is 0 Å². The van der Waals surface area contributed by atoms with E-state index in [9.17, 15) is 9.59 Å². The van der Waals surface area contributed by atoms with Gasteiger partial charge in [-0.25, -0.2) is 4.79 Å². The van der Waals surface area contributed by atoms with Gasteiger partial charge in [0, 0.05) is 38.4 Å². The molecule has 2 heterocycles. The molecule has 6 nitrogen and oxygen atoms in total. The van der Waals surface area contributed by atoms with E-state index in [1.165, 1.54) is 25.5 Å². The smallest absolute Gasteiger partial charge is 0.330 e. The summed E-state index contributed by atoms with van der Waals surface area (Å²) in [6.07, 6.45) is 4.60. The molecule has 0 spiro atoms. The molecule has 140 valence electrons. The van der Waals surface area contributed by atoms with Crippen molar-refractivity contribution >= 4 is 0 Å². The zero-order chi connectivity index (χ0) is 18.7. The number of hydrogen-bond donors (Lipinski definition) is 0. The molecule has 6 heteroatoms. The Bertz CT molecular complexity index is 867. The Morgan fingerprint density at radius 2 is 1.77 bits per heavy atom. The second kappa shape index (κ2) is 7.91. The van der Waals surface area contributed by atoms with Gasteiger partial charge in [0.1, 0.15) is 5.75 Å². The van der Waals surface area contributed by atoms with E-state index in [0.29, 0.717) is 6.54 Å². The highest BCUT2D eigenvalue weighted by molar-refractivity contribution is 5.29. The predicted molar refractivity (Wildman–Crippen MR) is 102 cm³/mol. The number of aromatic nitrogens is 2. The van der Waals surface area contributed by atoms with Gasteiger partial charge in [0.15, 0.2) is 0 Å². The molecule has 0 radical (unpaired) electrons. The van der Waals surface area contributed by atoms with E-state index in [1.807, 2.05) is 12.1 Å². The van der Waals surface area contributed by atoms with Gasteiger partial charge in [0.25, 0.3) is 5.56 Å². The minimum absolute atomic E-state index is 0.251. The molecule has 0 bridgehead atoms. The summed E-state index contributed by atoms with van der Waals surface area (Å²) >= 11 is 0. The van der Waals surface area contributed by atoms with Crippen molar-refractivity contribution in [1.82, 2.24) is 14.0 Å². The molecule has 0 aliphatic carbocycles. The standard InChI is InChI=1S/C20H27N3O3/c1-21-16(13-19(24)22(2)20(21)25)14-23-12-6-4-5-7-18(23)15-8-10-17(26-3)11-9-15/h8-11,13,18H,4-7,12,14H2,1-3H3/t18-/m0/s1. The molecule has 0 unspecified atom stereocenters. The fraction of sp³-hybridized carbons (Fsp3) is 0.500. The molecule has 1 aliphatic rings. The van der Waals surface area contributed by atoms with Crippen LogP contribution in [-0.2, 0) is 20.6 Å². The van der Waals surface area contributed by atoms with Crippen LogP contribution in [-0.4, -0.2) is 27.7 Å². The first-order valence-electron chi connectivity index (χ1n) is 9.15. The number of likely N-dealkylation sites (tertiary alicyclic amines) is 1. The second-order valence-corrected chi connectivity index (χ2v) is 6.98. The van der Waals surface area contributed by atoms with Gasteiger partial charge in [0.2, 0.25) is 0 Å². The lowest BCUT2D eigenvalue weighted by atomic mass is 10.0. The van der Waals surface area contributed by atoms with Crippen LogP contribution in [0.2, 0.25) is 0 Å². The third-order valence-electron chi connectivity index (χ3n) is 5.35. The van der Waals surface area contributed by atoms with E-state index in [2.05, 4.69) is 17.0 Å². The highest BCUT2D eigenvalue weighted by Gasteiger charge is 2.24. The van der Waals surface area contributed by atoms with Gasteiger partial charge < -0.3 is 4.74 Å². The van der Waals surface area contributed by atoms with Crippen molar-refractivity contribution < 1.29 is 4.74 Å². The average molecular weight is 357 g/mol. The van der Waals surface area contributed by atoms with Crippen LogP contribution in [0.3, 0.4) is 0 Å². The summed E-state index contributed by atoms with van der Waals surface area (Å²) in [4.78, 5) is 26.7. The summed E-state index contributed by atoms with van der Waals surface area (Å²) in [7, 11) is 4.92. The lowest BCUT2D eigenvalue weighted by Gasteiger charge is -2.31. The van der Waals surface area contributed by atoms with E-state index in [-0.39, 0.29) is 17.3 Å². The third-order valence-corrected chi connectivity index (χ3v) is 5.35. The zero-order valence-electron chi connectivity index (χ0n) is 15.8. The molecule has 1 saturated heterocycles. The van der Waals surface area contributed by atoms with Crippen molar-refractivity contribution in [1.29, 1.82) is 0 Å². The number of nitrogens with zero attached hydrogens (tertiary/aromatic N) is 3. The fourth-order valence-electron chi connectivity index (χ4n) is 3.70. The van der Waals surface area contributed by atoms with Crippen LogP contribution < -0.4 is 16.0 Å². The predicted octanol–water partition coefficient (Wildman–Crippen LogP) is 2.21. The van der Waals surface area contributed by atoms with Crippen LogP contribution in [0.1, 0.15) is 43.0 Å². The summed E-state index contributed by atoms with van der Waals surface area (Å²) < 4.78 is 7.99. The van der Waals surface area contributed by atoms with Crippen LogP contribution in [0.15, 0.2) is 39.9 Å². The number of rotatable bonds is 4. The lowest BCUT2D eigenvalue weighted by Crippen LogP contribution is -2.40. The maximum Gasteiger partial charge on any atom is 0.330 e. The summed E-state index contributed by atoms with van der Waals surface area (Å²) in [6, 6.07) is 10.1. The van der Waals surface area contributed by atoms with Gasteiger partial charge in [-0.05, 0) is 37.1 Å². The molecular formula is C20H27N3O3. The number of benzene rings is 1. The minimum atomic E-state index is -0.275. The first kappa shape index (κ1) is 18.5. The Kier molecular flexibility index (Phi) is 5.61. The Morgan fingerprint density at radius 3 is 2.46 bits per heavy atom. The molecule has 3 rings (SSSR count). The van der Waals surface area contributed by atoms with Gasteiger partial charge >= 0.3 is 5.69 Å². The van der Waals surface area contributed by atoms with Crippen LogP contribution in [0.5, 0.6) is 5.75 Å². The Labute approximate surface area is 153 Å². The van der Waals surface area contributed by atoms with Gasteiger partial charge in [-0.2, -0.15) is 0 Å². The fourth-order valence-corrected chi connectivity index (χ4v) is 3.70. The summed E-state index contributed by atoms with van der Waals surface area (Å²) in [5.74, 6) is 0.850. The summed E-state index contributed by atoms with van der Waals surface area (Å²) in [6.45, 7) is 1.55. The minimum Gasteiger partial charge on any atom is -0.497 e. The van der Waals surface area contributed by atoms with Crippen molar-refractivity contribution in [3.05, 3.63) is 62.4 Å². The van der Waals surface area contributed by atoms with Gasteiger partial charge in [-0.1, -0.05) is 25.0 Å². The molecule has 1 aromatic heterocycles. The quantitative estimate of drug-likeness (QED) is 0.842. The largest absolute Gasteiger partial charge is 0.497 e. The van der Waals surface area contributed by atoms with Crippen LogP contribution in [0.25, 0.3) is 0 Å². The molecule has 26 heavy (non-hydrogen) atoms. The molecule has 1 atom stereocenters. The van der Waals surface area contributed by atoms with E-state index in [1.54, 1.807) is 24.8 Å². The molecule has 0 amide bonds. The number of ether oxygens (including phenoxy) is 1. The number of methoxy groups -OCH3 is 1. The van der Waals surface area contributed by atoms with Crippen LogP contribution >= 0.6 is 0 Å². The van der Waals surface area contributed by atoms with Crippen LogP contribution in [0, 0.1) is 0 Å². The molecule has 2 aromatic rings. The van der Waals surface area contributed by atoms with Gasteiger partial charge in [-0.3, -0.25) is 18.8 Å². The summed E-state index contributed by atoms with van der Waals surface area (Å²) in [5, 5.41) is 0. The van der Waals surface area contributed by atoms with E-state index in [0.717, 1.165) is 35.4 Å². The molecule has 1 aromatic carbocycles. The highest BCUT2D eigenvalue weighted by atomic mass is 16.5. The molecule has 1 aliphatic heterocycles. The molecule has 0 saturated carbocycles. The summed E-state index contributed by atoms with van der Waals surface area (Å²) in [5.41, 5.74) is 1.49. The normalized spacial score (nSPS) is 18.5. The van der Waals surface area contributed by atoms with E-state index < -0.39 is 0 Å². The van der Waals surface area contributed by atoms with Crippen molar-refractivity contribution in [2.45, 2.75) is 38.3 Å². The molecule has 1 fully saturated rings. The topological polar surface area (TPSA) is 56.5 Å². The average Bonchev–Trinajstić information content (AvgIpc) is 2.90. The second-order valence-electron chi connectivity index (χ2n) is 6.98. The SMILES string of the molecule is COc1ccc([C@@H]2CCCCCN2Cc2cc(=O)n(C)c(=O)n2C)cc1. The van der Waals surface area contributed by atoms with E-state index in [4.69, 9.17) is 4.74 Å². The van der Waals surface area contributed by atoms with Gasteiger partial charge in [-0.15, -0.1) is 0 Å². The first-order valence-corrected chi connectivity index (χ1v) is 9.15. The first-order chi connectivity index (χ1) is 12.5.